The van der Waals surface area contributed by atoms with E-state index in [2.05, 4.69) is 11.4 Å². The number of rotatable bonds is 6. The number of hydrogen-bond acceptors (Lipinski definition) is 4. The highest BCUT2D eigenvalue weighted by molar-refractivity contribution is 4.95. The molecule has 2 unspecified atom stereocenters. The average Bonchev–Trinajstić information content (AvgIpc) is 3.13. The van der Waals surface area contributed by atoms with Gasteiger partial charge in [0.15, 0.2) is 0 Å². The summed E-state index contributed by atoms with van der Waals surface area (Å²) < 4.78 is 11.1. The molecule has 1 heterocycles. The Hall–Kier alpha value is -0.630. The van der Waals surface area contributed by atoms with Crippen molar-refractivity contribution in [3.8, 4) is 6.07 Å². The second-order valence-electron chi connectivity index (χ2n) is 4.65. The molecule has 1 N–H and O–H groups in total. The Balaban J connectivity index is 1.56. The number of ether oxygens (including phenoxy) is 2. The van der Waals surface area contributed by atoms with Crippen molar-refractivity contribution in [1.29, 1.82) is 5.26 Å². The zero-order valence-electron chi connectivity index (χ0n) is 9.65. The summed E-state index contributed by atoms with van der Waals surface area (Å²) in [7, 11) is 0. The lowest BCUT2D eigenvalue weighted by molar-refractivity contribution is -0.0421. The quantitative estimate of drug-likeness (QED) is 0.737. The molecule has 0 aromatic carbocycles. The Morgan fingerprint density at radius 2 is 2.25 bits per heavy atom. The molecule has 0 amide bonds. The lowest BCUT2D eigenvalue weighted by atomic mass is 10.1. The Morgan fingerprint density at radius 3 is 2.88 bits per heavy atom. The maximum Gasteiger partial charge on any atom is 0.119 e. The van der Waals surface area contributed by atoms with Crippen molar-refractivity contribution in [3.63, 3.8) is 0 Å². The van der Waals surface area contributed by atoms with Gasteiger partial charge in [-0.3, -0.25) is 5.32 Å². The minimum Gasteiger partial charge on any atom is -0.376 e. The maximum atomic E-state index is 8.92. The largest absolute Gasteiger partial charge is 0.376 e. The predicted octanol–water partition coefficient (Wildman–Crippen LogP) is 1.22. The van der Waals surface area contributed by atoms with Crippen LogP contribution in [0.5, 0.6) is 0 Å². The molecule has 0 bridgehead atoms. The van der Waals surface area contributed by atoms with E-state index in [1.165, 1.54) is 25.7 Å². The summed E-state index contributed by atoms with van der Waals surface area (Å²) in [6, 6.07) is 2.63. The number of nitrogens with one attached hydrogen (secondary N) is 1. The Kier molecular flexibility index (Phi) is 4.58. The normalized spacial score (nSPS) is 27.3. The van der Waals surface area contributed by atoms with Gasteiger partial charge >= 0.3 is 0 Å². The lowest BCUT2D eigenvalue weighted by Crippen LogP contribution is -2.35. The third-order valence-electron chi connectivity index (χ3n) is 3.03. The van der Waals surface area contributed by atoms with E-state index in [-0.39, 0.29) is 12.1 Å². The van der Waals surface area contributed by atoms with E-state index in [1.807, 2.05) is 0 Å². The molecule has 1 aliphatic carbocycles. The van der Waals surface area contributed by atoms with Crippen LogP contribution < -0.4 is 5.32 Å². The first-order valence-electron chi connectivity index (χ1n) is 6.23. The number of hydrogen-bond donors (Lipinski definition) is 1. The fraction of sp³-hybridized carbons (Fsp3) is 0.917. The van der Waals surface area contributed by atoms with Crippen molar-refractivity contribution < 1.29 is 9.47 Å². The standard InChI is InChI=1S/C12H20N2O2/c13-7-11(14-10-4-5-10)8-15-9-12-3-1-2-6-16-12/h10-12,14H,1-6,8-9H2. The van der Waals surface area contributed by atoms with Gasteiger partial charge in [0.25, 0.3) is 0 Å². The summed E-state index contributed by atoms with van der Waals surface area (Å²) in [5.74, 6) is 0. The van der Waals surface area contributed by atoms with E-state index in [0.29, 0.717) is 19.3 Å². The zero-order chi connectivity index (χ0) is 11.2. The fourth-order valence-electron chi connectivity index (χ4n) is 1.91. The summed E-state index contributed by atoms with van der Waals surface area (Å²) in [6.45, 7) is 1.97. The molecule has 0 aromatic rings. The molecule has 0 aromatic heterocycles. The molecule has 2 atom stereocenters. The van der Waals surface area contributed by atoms with Gasteiger partial charge in [-0.05, 0) is 32.1 Å². The van der Waals surface area contributed by atoms with Gasteiger partial charge in [0.2, 0.25) is 0 Å². The smallest absolute Gasteiger partial charge is 0.119 e. The second-order valence-corrected chi connectivity index (χ2v) is 4.65. The van der Waals surface area contributed by atoms with Crippen molar-refractivity contribution in [2.24, 2.45) is 0 Å². The molecular formula is C12H20N2O2. The third kappa shape index (κ3) is 4.09. The molecule has 4 nitrogen and oxygen atoms in total. The molecule has 90 valence electrons. The molecule has 2 fully saturated rings. The highest BCUT2D eigenvalue weighted by atomic mass is 16.5. The first-order valence-corrected chi connectivity index (χ1v) is 6.23. The van der Waals surface area contributed by atoms with E-state index in [0.717, 1.165) is 13.0 Å². The molecule has 4 heteroatoms. The summed E-state index contributed by atoms with van der Waals surface area (Å²) in [5, 5.41) is 12.2. The van der Waals surface area contributed by atoms with Gasteiger partial charge in [-0.2, -0.15) is 5.26 Å². The maximum absolute atomic E-state index is 8.92. The van der Waals surface area contributed by atoms with Crippen molar-refractivity contribution in [2.45, 2.75) is 50.3 Å². The summed E-state index contributed by atoms with van der Waals surface area (Å²) in [6.07, 6.45) is 6.13. The summed E-state index contributed by atoms with van der Waals surface area (Å²) in [5.41, 5.74) is 0. The molecule has 1 saturated heterocycles. The zero-order valence-corrected chi connectivity index (χ0v) is 9.65. The molecule has 2 aliphatic rings. The Morgan fingerprint density at radius 1 is 1.38 bits per heavy atom. The Labute approximate surface area is 96.9 Å². The van der Waals surface area contributed by atoms with Crippen LogP contribution in [-0.2, 0) is 9.47 Å². The molecule has 2 rings (SSSR count). The van der Waals surface area contributed by atoms with Gasteiger partial charge in [0.05, 0.1) is 25.4 Å². The summed E-state index contributed by atoms with van der Waals surface area (Å²) in [4.78, 5) is 0. The first-order chi connectivity index (χ1) is 7.88. The van der Waals surface area contributed by atoms with Crippen LogP contribution in [0.4, 0.5) is 0 Å². The highest BCUT2D eigenvalue weighted by Gasteiger charge is 2.24. The van der Waals surface area contributed by atoms with Crippen LogP contribution in [-0.4, -0.2) is 38.0 Å². The predicted molar refractivity (Wildman–Crippen MR) is 60.0 cm³/mol. The molecule has 1 saturated carbocycles. The number of nitrogens with zero attached hydrogens (tertiary/aromatic N) is 1. The topological polar surface area (TPSA) is 54.3 Å². The van der Waals surface area contributed by atoms with Crippen LogP contribution in [0.2, 0.25) is 0 Å². The van der Waals surface area contributed by atoms with Gasteiger partial charge in [-0.1, -0.05) is 0 Å². The SMILES string of the molecule is N#CC(COCC1CCCCO1)NC1CC1. The van der Waals surface area contributed by atoms with Crippen LogP contribution in [0.25, 0.3) is 0 Å². The van der Waals surface area contributed by atoms with Crippen molar-refractivity contribution in [2.75, 3.05) is 19.8 Å². The van der Waals surface area contributed by atoms with Crippen molar-refractivity contribution in [1.82, 2.24) is 5.32 Å². The first kappa shape index (κ1) is 11.8. The van der Waals surface area contributed by atoms with Crippen LogP contribution in [0.3, 0.4) is 0 Å². The van der Waals surface area contributed by atoms with E-state index < -0.39 is 0 Å². The van der Waals surface area contributed by atoms with Crippen LogP contribution in [0.15, 0.2) is 0 Å². The van der Waals surface area contributed by atoms with Crippen LogP contribution in [0.1, 0.15) is 32.1 Å². The van der Waals surface area contributed by atoms with Crippen LogP contribution in [0, 0.1) is 11.3 Å². The highest BCUT2D eigenvalue weighted by Crippen LogP contribution is 2.19. The number of nitriles is 1. The van der Waals surface area contributed by atoms with Gasteiger partial charge in [0.1, 0.15) is 6.04 Å². The average molecular weight is 224 g/mol. The van der Waals surface area contributed by atoms with Gasteiger partial charge < -0.3 is 9.47 Å². The minimum absolute atomic E-state index is 0.156. The molecular weight excluding hydrogens is 204 g/mol. The molecule has 1 aliphatic heterocycles. The van der Waals surface area contributed by atoms with E-state index in [9.17, 15) is 0 Å². The van der Waals surface area contributed by atoms with Crippen LogP contribution >= 0.6 is 0 Å². The van der Waals surface area contributed by atoms with E-state index >= 15 is 0 Å². The summed E-state index contributed by atoms with van der Waals surface area (Å²) >= 11 is 0. The van der Waals surface area contributed by atoms with Gasteiger partial charge in [-0.15, -0.1) is 0 Å². The fourth-order valence-corrected chi connectivity index (χ4v) is 1.91. The van der Waals surface area contributed by atoms with E-state index in [1.54, 1.807) is 0 Å². The molecule has 0 radical (unpaired) electrons. The van der Waals surface area contributed by atoms with Crippen molar-refractivity contribution in [3.05, 3.63) is 0 Å². The third-order valence-corrected chi connectivity index (χ3v) is 3.03. The lowest BCUT2D eigenvalue weighted by Gasteiger charge is -2.22. The van der Waals surface area contributed by atoms with Gasteiger partial charge in [0, 0.05) is 12.6 Å². The van der Waals surface area contributed by atoms with E-state index in [4.69, 9.17) is 14.7 Å². The molecule has 0 spiro atoms. The molecule has 16 heavy (non-hydrogen) atoms. The van der Waals surface area contributed by atoms with Crippen molar-refractivity contribution >= 4 is 0 Å². The minimum atomic E-state index is -0.156. The van der Waals surface area contributed by atoms with Gasteiger partial charge in [-0.25, -0.2) is 0 Å². The second kappa shape index (κ2) is 6.19. The Bertz CT molecular complexity index is 242. The monoisotopic (exact) mass is 224 g/mol.